The highest BCUT2D eigenvalue weighted by Crippen LogP contribution is 2.18. The fraction of sp³-hybridized carbons (Fsp3) is 0.929. The van der Waals surface area contributed by atoms with Crippen molar-refractivity contribution in [2.45, 2.75) is 26.7 Å². The van der Waals surface area contributed by atoms with Crippen LogP contribution in [0.4, 0.5) is 0 Å². The zero-order valence-corrected chi connectivity index (χ0v) is 12.2. The maximum Gasteiger partial charge on any atom is 0.308 e. The molecule has 2 unspecified atom stereocenters. The number of likely N-dealkylation sites (tertiary alicyclic amines) is 1. The van der Waals surface area contributed by atoms with Gasteiger partial charge in [-0.3, -0.25) is 4.79 Å². The second kappa shape index (κ2) is 7.10. The van der Waals surface area contributed by atoms with Crippen molar-refractivity contribution in [1.29, 1.82) is 0 Å². The Morgan fingerprint density at radius 2 is 2.17 bits per heavy atom. The van der Waals surface area contributed by atoms with Crippen LogP contribution in [-0.2, 0) is 4.79 Å². The molecule has 0 bridgehead atoms. The predicted octanol–water partition coefficient (Wildman–Crippen LogP) is 1.62. The van der Waals surface area contributed by atoms with Crippen molar-refractivity contribution in [3.05, 3.63) is 0 Å². The second-order valence-electron chi connectivity index (χ2n) is 6.18. The molecule has 1 rings (SSSR count). The topological polar surface area (TPSA) is 43.8 Å². The number of rotatable bonds is 6. The molecule has 0 amide bonds. The quantitative estimate of drug-likeness (QED) is 0.784. The average Bonchev–Trinajstić information content (AvgIpc) is 2.25. The smallest absolute Gasteiger partial charge is 0.308 e. The van der Waals surface area contributed by atoms with Crippen molar-refractivity contribution in [3.8, 4) is 0 Å². The first kappa shape index (κ1) is 15.4. The molecule has 18 heavy (non-hydrogen) atoms. The van der Waals surface area contributed by atoms with Crippen LogP contribution in [0.25, 0.3) is 0 Å². The van der Waals surface area contributed by atoms with Crippen molar-refractivity contribution >= 4 is 5.97 Å². The van der Waals surface area contributed by atoms with Gasteiger partial charge in [-0.1, -0.05) is 13.8 Å². The lowest BCUT2D eigenvalue weighted by Gasteiger charge is -2.33. The minimum absolute atomic E-state index is 0.193. The number of hydrogen-bond donors (Lipinski definition) is 1. The molecule has 1 heterocycles. The molecular formula is C14H28N2O2. The maximum atomic E-state index is 11.2. The van der Waals surface area contributed by atoms with Gasteiger partial charge in [0.25, 0.3) is 0 Å². The van der Waals surface area contributed by atoms with Crippen LogP contribution >= 0.6 is 0 Å². The van der Waals surface area contributed by atoms with E-state index in [-0.39, 0.29) is 11.8 Å². The Bertz CT molecular complexity index is 269. The van der Waals surface area contributed by atoms with E-state index < -0.39 is 5.97 Å². The lowest BCUT2D eigenvalue weighted by molar-refractivity contribution is -0.144. The van der Waals surface area contributed by atoms with Gasteiger partial charge in [-0.15, -0.1) is 0 Å². The van der Waals surface area contributed by atoms with Crippen molar-refractivity contribution < 1.29 is 9.90 Å². The van der Waals surface area contributed by atoms with Gasteiger partial charge in [0.1, 0.15) is 0 Å². The molecule has 0 spiro atoms. The van der Waals surface area contributed by atoms with Gasteiger partial charge in [0.2, 0.25) is 0 Å². The first-order chi connectivity index (χ1) is 8.40. The zero-order valence-electron chi connectivity index (χ0n) is 12.2. The van der Waals surface area contributed by atoms with Crippen LogP contribution in [0.15, 0.2) is 0 Å². The third kappa shape index (κ3) is 4.94. The highest BCUT2D eigenvalue weighted by Gasteiger charge is 2.25. The second-order valence-corrected chi connectivity index (χ2v) is 6.18. The minimum Gasteiger partial charge on any atom is -0.481 e. The summed E-state index contributed by atoms with van der Waals surface area (Å²) in [7, 11) is 4.22. The van der Waals surface area contributed by atoms with Gasteiger partial charge in [0.05, 0.1) is 5.92 Å². The third-order valence-electron chi connectivity index (χ3n) is 3.92. The van der Waals surface area contributed by atoms with E-state index in [1.165, 1.54) is 19.4 Å². The molecule has 4 nitrogen and oxygen atoms in total. The molecule has 1 aliphatic heterocycles. The summed E-state index contributed by atoms with van der Waals surface area (Å²) in [6.07, 6.45) is 2.54. The standard InChI is InChI=1S/C14H28N2O2/c1-11(2)13(14(17)18)10-16(4)9-12-6-5-7-15(3)8-12/h11-13H,5-10H2,1-4H3,(H,17,18). The van der Waals surface area contributed by atoms with Gasteiger partial charge in [-0.05, 0) is 45.3 Å². The molecule has 0 aromatic carbocycles. The lowest BCUT2D eigenvalue weighted by atomic mass is 9.94. The largest absolute Gasteiger partial charge is 0.481 e. The summed E-state index contributed by atoms with van der Waals surface area (Å²) in [6.45, 7) is 7.99. The number of piperidine rings is 1. The summed E-state index contributed by atoms with van der Waals surface area (Å²) in [5.74, 6) is -0.0386. The molecular weight excluding hydrogens is 228 g/mol. The van der Waals surface area contributed by atoms with Crippen LogP contribution in [0.1, 0.15) is 26.7 Å². The van der Waals surface area contributed by atoms with E-state index in [9.17, 15) is 9.90 Å². The van der Waals surface area contributed by atoms with Crippen molar-refractivity contribution in [2.75, 3.05) is 40.3 Å². The molecule has 0 aromatic heterocycles. The summed E-state index contributed by atoms with van der Waals surface area (Å²) in [5.41, 5.74) is 0. The Kier molecular flexibility index (Phi) is 6.09. The van der Waals surface area contributed by atoms with Gasteiger partial charge in [-0.2, -0.15) is 0 Å². The van der Waals surface area contributed by atoms with E-state index in [4.69, 9.17) is 0 Å². The number of carboxylic acids is 1. The van der Waals surface area contributed by atoms with Crippen LogP contribution in [-0.4, -0.2) is 61.2 Å². The van der Waals surface area contributed by atoms with E-state index in [1.807, 2.05) is 20.9 Å². The van der Waals surface area contributed by atoms with Crippen LogP contribution < -0.4 is 0 Å². The molecule has 106 valence electrons. The average molecular weight is 256 g/mol. The number of aliphatic carboxylic acids is 1. The molecule has 2 atom stereocenters. The highest BCUT2D eigenvalue weighted by atomic mass is 16.4. The van der Waals surface area contributed by atoms with Gasteiger partial charge in [-0.25, -0.2) is 0 Å². The monoisotopic (exact) mass is 256 g/mol. The van der Waals surface area contributed by atoms with Crippen LogP contribution in [0.5, 0.6) is 0 Å². The Labute approximate surface area is 111 Å². The fourth-order valence-electron chi connectivity index (χ4n) is 2.85. The molecule has 0 aliphatic carbocycles. The summed E-state index contributed by atoms with van der Waals surface area (Å²) < 4.78 is 0. The number of nitrogens with zero attached hydrogens (tertiary/aromatic N) is 2. The van der Waals surface area contributed by atoms with Crippen LogP contribution in [0.2, 0.25) is 0 Å². The Balaban J connectivity index is 2.39. The molecule has 4 heteroatoms. The van der Waals surface area contributed by atoms with Crippen molar-refractivity contribution in [3.63, 3.8) is 0 Å². The summed E-state index contributed by atoms with van der Waals surface area (Å²) in [4.78, 5) is 15.8. The molecule has 1 saturated heterocycles. The maximum absolute atomic E-state index is 11.2. The normalized spacial score (nSPS) is 23.6. The number of carbonyl (C=O) groups is 1. The highest BCUT2D eigenvalue weighted by molar-refractivity contribution is 5.70. The van der Waals surface area contributed by atoms with E-state index >= 15 is 0 Å². The third-order valence-corrected chi connectivity index (χ3v) is 3.92. The van der Waals surface area contributed by atoms with E-state index in [0.717, 1.165) is 13.1 Å². The van der Waals surface area contributed by atoms with Gasteiger partial charge in [0.15, 0.2) is 0 Å². The van der Waals surface area contributed by atoms with E-state index in [0.29, 0.717) is 12.5 Å². The van der Waals surface area contributed by atoms with E-state index in [2.05, 4.69) is 16.8 Å². The molecule has 0 aromatic rings. The molecule has 1 N–H and O–H groups in total. The lowest BCUT2D eigenvalue weighted by Crippen LogP contribution is -2.41. The SMILES string of the molecule is CC(C)C(CN(C)CC1CCCN(C)C1)C(=O)O. The van der Waals surface area contributed by atoms with Gasteiger partial charge in [0, 0.05) is 19.6 Å². The summed E-state index contributed by atoms with van der Waals surface area (Å²) >= 11 is 0. The van der Waals surface area contributed by atoms with Crippen molar-refractivity contribution in [1.82, 2.24) is 9.80 Å². The first-order valence-electron chi connectivity index (χ1n) is 7.00. The van der Waals surface area contributed by atoms with Crippen molar-refractivity contribution in [2.24, 2.45) is 17.8 Å². The number of hydrogen-bond acceptors (Lipinski definition) is 3. The minimum atomic E-state index is -0.669. The zero-order chi connectivity index (χ0) is 13.7. The Morgan fingerprint density at radius 3 is 2.67 bits per heavy atom. The fourth-order valence-corrected chi connectivity index (χ4v) is 2.85. The molecule has 0 saturated carbocycles. The number of carboxylic acid groups (broad SMARTS) is 1. The predicted molar refractivity (Wildman–Crippen MR) is 73.7 cm³/mol. The first-order valence-corrected chi connectivity index (χ1v) is 7.00. The van der Waals surface area contributed by atoms with E-state index in [1.54, 1.807) is 0 Å². The van der Waals surface area contributed by atoms with Crippen LogP contribution in [0, 0.1) is 17.8 Å². The molecule has 1 fully saturated rings. The van der Waals surface area contributed by atoms with Gasteiger partial charge >= 0.3 is 5.97 Å². The molecule has 1 aliphatic rings. The summed E-state index contributed by atoms with van der Waals surface area (Å²) in [6, 6.07) is 0. The Morgan fingerprint density at radius 1 is 1.50 bits per heavy atom. The summed E-state index contributed by atoms with van der Waals surface area (Å²) in [5, 5.41) is 9.21. The van der Waals surface area contributed by atoms with Gasteiger partial charge < -0.3 is 14.9 Å². The van der Waals surface area contributed by atoms with Crippen LogP contribution in [0.3, 0.4) is 0 Å². The molecule has 0 radical (unpaired) electrons. The Hall–Kier alpha value is -0.610.